The Morgan fingerprint density at radius 2 is 1.89 bits per heavy atom. The fraction of sp³-hybridized carbons (Fsp3) is 0.308. The van der Waals surface area contributed by atoms with Crippen molar-refractivity contribution >= 4 is 16.0 Å². The molecule has 19 heavy (non-hydrogen) atoms. The lowest BCUT2D eigenvalue weighted by Crippen LogP contribution is -2.24. The molecule has 1 rings (SSSR count). The van der Waals surface area contributed by atoms with Crippen LogP contribution >= 0.6 is 0 Å². The minimum Gasteiger partial charge on any atom is -0.423 e. The summed E-state index contributed by atoms with van der Waals surface area (Å²) in [5.74, 6) is -0.0454. The first-order chi connectivity index (χ1) is 8.84. The van der Waals surface area contributed by atoms with Crippen molar-refractivity contribution in [3.63, 3.8) is 0 Å². The predicted octanol–water partition coefficient (Wildman–Crippen LogP) is 1.61. The highest BCUT2D eigenvalue weighted by molar-refractivity contribution is 7.89. The molecule has 1 aromatic carbocycles. The number of sulfonamides is 1. The molecule has 0 aliphatic rings. The molecule has 0 aliphatic carbocycles. The second-order valence-corrected chi connectivity index (χ2v) is 6.13. The van der Waals surface area contributed by atoms with Crippen LogP contribution in [0.2, 0.25) is 0 Å². The van der Waals surface area contributed by atoms with Crippen molar-refractivity contribution in [2.24, 2.45) is 0 Å². The molecule has 0 aliphatic heterocycles. The molecule has 6 heteroatoms. The molecule has 0 bridgehead atoms. The molecule has 0 unspecified atom stereocenters. The zero-order valence-electron chi connectivity index (χ0n) is 11.0. The van der Waals surface area contributed by atoms with Gasteiger partial charge in [-0.3, -0.25) is 0 Å². The minimum absolute atomic E-state index is 0.0430. The van der Waals surface area contributed by atoms with Crippen LogP contribution in [0.4, 0.5) is 0 Å². The van der Waals surface area contributed by atoms with Gasteiger partial charge in [0.2, 0.25) is 10.0 Å². The average Bonchev–Trinajstić information content (AvgIpc) is 2.38. The van der Waals surface area contributed by atoms with Gasteiger partial charge in [0.1, 0.15) is 5.75 Å². The highest BCUT2D eigenvalue weighted by atomic mass is 32.2. The number of hydrogen-bond donors (Lipinski definition) is 1. The van der Waals surface area contributed by atoms with E-state index in [0.29, 0.717) is 11.3 Å². The molecular weight excluding hydrogens is 266 g/mol. The van der Waals surface area contributed by atoms with Crippen LogP contribution in [-0.4, -0.2) is 20.1 Å². The van der Waals surface area contributed by atoms with E-state index >= 15 is 0 Å². The average molecular weight is 283 g/mol. The van der Waals surface area contributed by atoms with Gasteiger partial charge in [0, 0.05) is 12.1 Å². The van der Waals surface area contributed by atoms with E-state index in [2.05, 4.69) is 11.3 Å². The first kappa shape index (κ1) is 15.4. The van der Waals surface area contributed by atoms with Gasteiger partial charge < -0.3 is 4.74 Å². The smallest absolute Gasteiger partial charge is 0.338 e. The number of benzene rings is 1. The monoisotopic (exact) mass is 283 g/mol. The third-order valence-electron chi connectivity index (χ3n) is 2.36. The van der Waals surface area contributed by atoms with E-state index in [4.69, 9.17) is 4.74 Å². The summed E-state index contributed by atoms with van der Waals surface area (Å²) in [5, 5.41) is 0. The Kier molecular flexibility index (Phi) is 5.26. The van der Waals surface area contributed by atoms with Crippen molar-refractivity contribution in [2.45, 2.75) is 20.4 Å². The van der Waals surface area contributed by atoms with E-state index in [0.717, 1.165) is 5.56 Å². The fourth-order valence-electron chi connectivity index (χ4n) is 1.16. The van der Waals surface area contributed by atoms with Gasteiger partial charge in [-0.1, -0.05) is 18.7 Å². The summed E-state index contributed by atoms with van der Waals surface area (Å²) in [6.07, 6.45) is 0. The lowest BCUT2D eigenvalue weighted by atomic mass is 10.2. The Hall–Kier alpha value is -1.66. The zero-order chi connectivity index (χ0) is 14.5. The zero-order valence-corrected chi connectivity index (χ0v) is 11.8. The van der Waals surface area contributed by atoms with Gasteiger partial charge in [-0.2, -0.15) is 0 Å². The molecule has 0 aromatic heterocycles. The predicted molar refractivity (Wildman–Crippen MR) is 73.2 cm³/mol. The molecule has 0 spiro atoms. The van der Waals surface area contributed by atoms with E-state index in [9.17, 15) is 13.2 Å². The van der Waals surface area contributed by atoms with E-state index in [1.54, 1.807) is 38.1 Å². The summed E-state index contributed by atoms with van der Waals surface area (Å²) >= 11 is 0. The van der Waals surface area contributed by atoms with Gasteiger partial charge in [0.05, 0.1) is 5.75 Å². The molecule has 5 nitrogen and oxygen atoms in total. The van der Waals surface area contributed by atoms with Crippen LogP contribution < -0.4 is 9.46 Å². The van der Waals surface area contributed by atoms with Crippen LogP contribution in [0.15, 0.2) is 36.4 Å². The highest BCUT2D eigenvalue weighted by Gasteiger charge is 2.07. The number of carbonyl (C=O) groups is 1. The standard InChI is InChI=1S/C13H17NO4S/c1-4-19(16,17)14-9-11-5-7-12(8-6-11)18-13(15)10(2)3/h5-8,14H,2,4,9H2,1,3H3. The van der Waals surface area contributed by atoms with Crippen LogP contribution in [0.25, 0.3) is 0 Å². The Labute approximate surface area is 113 Å². The van der Waals surface area contributed by atoms with Crippen molar-refractivity contribution in [2.75, 3.05) is 5.75 Å². The first-order valence-corrected chi connectivity index (χ1v) is 7.43. The summed E-state index contributed by atoms with van der Waals surface area (Å²) in [5.41, 5.74) is 1.10. The van der Waals surface area contributed by atoms with E-state index < -0.39 is 16.0 Å². The number of esters is 1. The van der Waals surface area contributed by atoms with Crippen LogP contribution in [0.5, 0.6) is 5.75 Å². The lowest BCUT2D eigenvalue weighted by molar-refractivity contribution is -0.130. The third-order valence-corrected chi connectivity index (χ3v) is 3.70. The molecule has 0 heterocycles. The first-order valence-electron chi connectivity index (χ1n) is 5.78. The van der Waals surface area contributed by atoms with E-state index in [1.807, 2.05) is 0 Å². The summed E-state index contributed by atoms with van der Waals surface area (Å²) in [6.45, 7) is 6.83. The van der Waals surface area contributed by atoms with Crippen molar-refractivity contribution in [1.82, 2.24) is 4.72 Å². The Balaban J connectivity index is 2.62. The molecule has 0 fully saturated rings. The van der Waals surface area contributed by atoms with Gasteiger partial charge >= 0.3 is 5.97 Å². The fourth-order valence-corrected chi connectivity index (χ4v) is 1.76. The van der Waals surface area contributed by atoms with E-state index in [1.165, 1.54) is 0 Å². The summed E-state index contributed by atoms with van der Waals surface area (Å²) < 4.78 is 30.0. The summed E-state index contributed by atoms with van der Waals surface area (Å²) in [6, 6.07) is 6.60. The van der Waals surface area contributed by atoms with Gasteiger partial charge in [0.15, 0.2) is 0 Å². The topological polar surface area (TPSA) is 72.5 Å². The SMILES string of the molecule is C=C(C)C(=O)Oc1ccc(CNS(=O)(=O)CC)cc1. The molecule has 0 saturated heterocycles. The molecule has 0 saturated carbocycles. The number of carbonyl (C=O) groups excluding carboxylic acids is 1. The molecule has 1 N–H and O–H groups in total. The normalized spacial score (nSPS) is 11.1. The number of hydrogen-bond acceptors (Lipinski definition) is 4. The Bertz CT molecular complexity index is 561. The van der Waals surface area contributed by atoms with E-state index in [-0.39, 0.29) is 12.3 Å². The number of ether oxygens (including phenoxy) is 1. The van der Waals surface area contributed by atoms with Crippen LogP contribution in [0.1, 0.15) is 19.4 Å². The second-order valence-electron chi connectivity index (χ2n) is 4.04. The molecule has 0 amide bonds. The number of nitrogens with one attached hydrogen (secondary N) is 1. The van der Waals surface area contributed by atoms with Gasteiger partial charge in [-0.25, -0.2) is 17.9 Å². The molecule has 0 atom stereocenters. The Morgan fingerprint density at radius 3 is 2.37 bits per heavy atom. The minimum atomic E-state index is -3.21. The largest absolute Gasteiger partial charge is 0.423 e. The maximum atomic E-state index is 11.3. The second kappa shape index (κ2) is 6.49. The van der Waals surface area contributed by atoms with Crippen LogP contribution in [0, 0.1) is 0 Å². The van der Waals surface area contributed by atoms with Crippen molar-refractivity contribution in [1.29, 1.82) is 0 Å². The van der Waals surface area contributed by atoms with Crippen molar-refractivity contribution in [3.05, 3.63) is 42.0 Å². The molecular formula is C13H17NO4S. The van der Waals surface area contributed by atoms with Crippen molar-refractivity contribution in [3.8, 4) is 5.75 Å². The van der Waals surface area contributed by atoms with Gasteiger partial charge in [-0.05, 0) is 31.5 Å². The lowest BCUT2D eigenvalue weighted by Gasteiger charge is -2.06. The molecule has 0 radical (unpaired) electrons. The summed E-state index contributed by atoms with van der Waals surface area (Å²) in [7, 11) is -3.21. The maximum Gasteiger partial charge on any atom is 0.338 e. The quantitative estimate of drug-likeness (QED) is 0.489. The third kappa shape index (κ3) is 5.23. The van der Waals surface area contributed by atoms with Crippen LogP contribution in [-0.2, 0) is 21.4 Å². The summed E-state index contributed by atoms with van der Waals surface area (Å²) in [4.78, 5) is 11.3. The Morgan fingerprint density at radius 1 is 1.32 bits per heavy atom. The molecule has 104 valence electrons. The van der Waals surface area contributed by atoms with Crippen molar-refractivity contribution < 1.29 is 17.9 Å². The van der Waals surface area contributed by atoms with Gasteiger partial charge in [-0.15, -0.1) is 0 Å². The van der Waals surface area contributed by atoms with Gasteiger partial charge in [0.25, 0.3) is 0 Å². The number of rotatable bonds is 6. The van der Waals surface area contributed by atoms with Crippen LogP contribution in [0.3, 0.4) is 0 Å². The highest BCUT2D eigenvalue weighted by Crippen LogP contribution is 2.13. The molecule has 1 aromatic rings. The maximum absolute atomic E-state index is 11.3.